The van der Waals surface area contributed by atoms with Gasteiger partial charge in [-0.05, 0) is 11.6 Å². The maximum absolute atomic E-state index is 12.1. The molecule has 5 nitrogen and oxygen atoms in total. The van der Waals surface area contributed by atoms with Gasteiger partial charge in [0.1, 0.15) is 6.54 Å². The van der Waals surface area contributed by atoms with E-state index in [-0.39, 0.29) is 25.0 Å². The van der Waals surface area contributed by atoms with Crippen LogP contribution in [0.5, 0.6) is 0 Å². The molecule has 1 amide bonds. The average molecular weight is 339 g/mol. The highest BCUT2D eigenvalue weighted by atomic mass is 35.5. The molecule has 0 aliphatic carbocycles. The molecule has 2 N–H and O–H groups in total. The number of hydrogen-bond donors (Lipinski definition) is 2. The molecule has 1 atom stereocenters. The zero-order valence-corrected chi connectivity index (χ0v) is 12.6. The van der Waals surface area contributed by atoms with Crippen LogP contribution in [0.15, 0.2) is 24.5 Å². The van der Waals surface area contributed by atoms with Gasteiger partial charge in [0, 0.05) is 38.1 Å². The number of nitrogens with zero attached hydrogens (tertiary/aromatic N) is 2. The van der Waals surface area contributed by atoms with Crippen LogP contribution in [0.4, 0.5) is 13.2 Å². The smallest absolute Gasteiger partial charge is 0.346 e. The first-order chi connectivity index (χ1) is 9.96. The second-order valence-corrected chi connectivity index (χ2v) is 4.87. The number of alkyl halides is 3. The minimum Gasteiger partial charge on any atom is -0.346 e. The first kappa shape index (κ1) is 18.7. The summed E-state index contributed by atoms with van der Waals surface area (Å²) in [5, 5.41) is 5.11. The SMILES string of the molecule is Cl.O=C(CN1CCNCC1c1cccnc1)NCC(F)(F)F. The highest BCUT2D eigenvalue weighted by Gasteiger charge is 2.29. The van der Waals surface area contributed by atoms with E-state index in [9.17, 15) is 18.0 Å². The normalized spacial score (nSPS) is 19.3. The van der Waals surface area contributed by atoms with Crippen LogP contribution in [0, 0.1) is 0 Å². The van der Waals surface area contributed by atoms with E-state index in [0.717, 1.165) is 5.56 Å². The molecular weight excluding hydrogens is 321 g/mol. The molecule has 0 spiro atoms. The largest absolute Gasteiger partial charge is 0.405 e. The lowest BCUT2D eigenvalue weighted by Crippen LogP contribution is -2.50. The highest BCUT2D eigenvalue weighted by Crippen LogP contribution is 2.20. The Labute approximate surface area is 132 Å². The molecule has 0 radical (unpaired) electrons. The summed E-state index contributed by atoms with van der Waals surface area (Å²) >= 11 is 0. The standard InChI is InChI=1S/C13H17F3N4O.ClH/c14-13(15,16)9-19-12(21)8-20-5-4-18-7-11(20)10-2-1-3-17-6-10;/h1-3,6,11,18H,4-5,7-9H2,(H,19,21);1H. The van der Waals surface area contributed by atoms with Crippen LogP contribution >= 0.6 is 12.4 Å². The van der Waals surface area contributed by atoms with Gasteiger partial charge >= 0.3 is 6.18 Å². The van der Waals surface area contributed by atoms with Crippen molar-refractivity contribution in [1.82, 2.24) is 20.5 Å². The van der Waals surface area contributed by atoms with Crippen molar-refractivity contribution >= 4 is 18.3 Å². The van der Waals surface area contributed by atoms with Crippen LogP contribution in [0.1, 0.15) is 11.6 Å². The fourth-order valence-corrected chi connectivity index (χ4v) is 2.28. The molecule has 22 heavy (non-hydrogen) atoms. The van der Waals surface area contributed by atoms with Crippen molar-refractivity contribution in [2.45, 2.75) is 12.2 Å². The van der Waals surface area contributed by atoms with Crippen LogP contribution in [-0.4, -0.2) is 54.7 Å². The molecule has 0 bridgehead atoms. The van der Waals surface area contributed by atoms with Gasteiger partial charge in [-0.25, -0.2) is 0 Å². The summed E-state index contributed by atoms with van der Waals surface area (Å²) in [5.74, 6) is -0.622. The van der Waals surface area contributed by atoms with Crippen molar-refractivity contribution in [3.05, 3.63) is 30.1 Å². The molecule has 1 aromatic heterocycles. The van der Waals surface area contributed by atoms with E-state index in [1.807, 2.05) is 16.3 Å². The van der Waals surface area contributed by atoms with Crippen molar-refractivity contribution in [1.29, 1.82) is 0 Å². The Balaban J connectivity index is 0.00000242. The number of aromatic nitrogens is 1. The minimum atomic E-state index is -4.39. The van der Waals surface area contributed by atoms with Crippen LogP contribution in [0.3, 0.4) is 0 Å². The van der Waals surface area contributed by atoms with E-state index in [0.29, 0.717) is 19.6 Å². The Bertz CT molecular complexity index is 472. The summed E-state index contributed by atoms with van der Waals surface area (Å²) in [5.41, 5.74) is 0.938. The summed E-state index contributed by atoms with van der Waals surface area (Å²) in [6.45, 7) is 0.577. The highest BCUT2D eigenvalue weighted by molar-refractivity contribution is 5.85. The zero-order chi connectivity index (χ0) is 15.3. The van der Waals surface area contributed by atoms with Gasteiger partial charge in [-0.15, -0.1) is 12.4 Å². The fraction of sp³-hybridized carbons (Fsp3) is 0.538. The van der Waals surface area contributed by atoms with Crippen LogP contribution < -0.4 is 10.6 Å². The number of carbonyl (C=O) groups excluding carboxylic acids is 1. The maximum Gasteiger partial charge on any atom is 0.405 e. The van der Waals surface area contributed by atoms with Gasteiger partial charge in [0.25, 0.3) is 0 Å². The molecule has 0 saturated carbocycles. The number of hydrogen-bond acceptors (Lipinski definition) is 4. The second-order valence-electron chi connectivity index (χ2n) is 4.87. The third-order valence-corrected chi connectivity index (χ3v) is 3.26. The summed E-state index contributed by atoms with van der Waals surface area (Å²) in [4.78, 5) is 17.5. The third-order valence-electron chi connectivity index (χ3n) is 3.26. The monoisotopic (exact) mass is 338 g/mol. The summed E-state index contributed by atoms with van der Waals surface area (Å²) < 4.78 is 36.3. The molecular formula is C13H18ClF3N4O. The first-order valence-corrected chi connectivity index (χ1v) is 6.64. The zero-order valence-electron chi connectivity index (χ0n) is 11.8. The summed E-state index contributed by atoms with van der Waals surface area (Å²) in [7, 11) is 0. The molecule has 1 aliphatic heterocycles. The Kier molecular flexibility index (Phi) is 7.05. The summed E-state index contributed by atoms with van der Waals surface area (Å²) in [6, 6.07) is 3.63. The van der Waals surface area contributed by atoms with E-state index in [1.165, 1.54) is 0 Å². The molecule has 1 fully saturated rings. The van der Waals surface area contributed by atoms with E-state index in [1.54, 1.807) is 18.5 Å². The minimum absolute atomic E-state index is 0. The lowest BCUT2D eigenvalue weighted by atomic mass is 10.1. The molecule has 124 valence electrons. The van der Waals surface area contributed by atoms with E-state index in [2.05, 4.69) is 10.3 Å². The topological polar surface area (TPSA) is 57.3 Å². The van der Waals surface area contributed by atoms with Gasteiger partial charge < -0.3 is 10.6 Å². The van der Waals surface area contributed by atoms with Gasteiger partial charge in [0.15, 0.2) is 0 Å². The molecule has 1 saturated heterocycles. The predicted molar refractivity (Wildman–Crippen MR) is 77.7 cm³/mol. The summed E-state index contributed by atoms with van der Waals surface area (Å²) in [6.07, 6.45) is -1.03. The Morgan fingerprint density at radius 1 is 1.50 bits per heavy atom. The van der Waals surface area contributed by atoms with E-state index in [4.69, 9.17) is 0 Å². The first-order valence-electron chi connectivity index (χ1n) is 6.64. The maximum atomic E-state index is 12.1. The molecule has 0 aromatic carbocycles. The van der Waals surface area contributed by atoms with Crippen molar-refractivity contribution in [3.8, 4) is 0 Å². The number of rotatable bonds is 4. The van der Waals surface area contributed by atoms with Gasteiger partial charge in [0.05, 0.1) is 6.54 Å². The van der Waals surface area contributed by atoms with Crippen molar-refractivity contribution in [2.75, 3.05) is 32.7 Å². The van der Waals surface area contributed by atoms with Crippen molar-refractivity contribution in [3.63, 3.8) is 0 Å². The Morgan fingerprint density at radius 3 is 2.91 bits per heavy atom. The third kappa shape index (κ3) is 5.78. The lowest BCUT2D eigenvalue weighted by molar-refractivity contribution is -0.139. The molecule has 2 heterocycles. The van der Waals surface area contributed by atoms with Gasteiger partial charge in [-0.2, -0.15) is 13.2 Å². The van der Waals surface area contributed by atoms with Crippen LogP contribution in [0.25, 0.3) is 0 Å². The number of pyridine rings is 1. The molecule has 2 rings (SSSR count). The number of carbonyl (C=O) groups is 1. The Hall–Kier alpha value is -1.38. The number of piperazine rings is 1. The van der Waals surface area contributed by atoms with Crippen molar-refractivity contribution in [2.24, 2.45) is 0 Å². The molecule has 1 unspecified atom stereocenters. The Morgan fingerprint density at radius 2 is 2.27 bits per heavy atom. The lowest BCUT2D eigenvalue weighted by Gasteiger charge is -2.35. The number of halogens is 4. The predicted octanol–water partition coefficient (Wildman–Crippen LogP) is 1.13. The molecule has 1 aromatic rings. The van der Waals surface area contributed by atoms with Gasteiger partial charge in [-0.3, -0.25) is 14.7 Å². The second kappa shape index (κ2) is 8.30. The van der Waals surface area contributed by atoms with Gasteiger partial charge in [0.2, 0.25) is 5.91 Å². The van der Waals surface area contributed by atoms with Crippen LogP contribution in [0.2, 0.25) is 0 Å². The number of amides is 1. The average Bonchev–Trinajstić information content (AvgIpc) is 2.46. The fourth-order valence-electron chi connectivity index (χ4n) is 2.28. The van der Waals surface area contributed by atoms with Crippen LogP contribution in [-0.2, 0) is 4.79 Å². The van der Waals surface area contributed by atoms with Crippen molar-refractivity contribution < 1.29 is 18.0 Å². The molecule has 9 heteroatoms. The molecule has 1 aliphatic rings. The van der Waals surface area contributed by atoms with Gasteiger partial charge in [-0.1, -0.05) is 6.07 Å². The quantitative estimate of drug-likeness (QED) is 0.864. The van der Waals surface area contributed by atoms with E-state index >= 15 is 0 Å². The van der Waals surface area contributed by atoms with E-state index < -0.39 is 18.6 Å². The number of nitrogens with one attached hydrogen (secondary N) is 2.